The highest BCUT2D eigenvalue weighted by Crippen LogP contribution is 2.33. The number of ketones is 1. The number of carbonyl (C=O) groups is 1. The van der Waals surface area contributed by atoms with Crippen molar-refractivity contribution in [3.63, 3.8) is 0 Å². The van der Waals surface area contributed by atoms with Gasteiger partial charge in [0.05, 0.1) is 0 Å². The molecule has 1 nitrogen and oxygen atoms in total. The fraction of sp³-hybridized carbons (Fsp3) is 0.480. The number of benzene rings is 2. The lowest BCUT2D eigenvalue weighted by molar-refractivity contribution is -0.117. The van der Waals surface area contributed by atoms with Gasteiger partial charge in [0.15, 0.2) is 0 Å². The van der Waals surface area contributed by atoms with Crippen LogP contribution in [0.1, 0.15) is 48.9 Å². The van der Waals surface area contributed by atoms with E-state index in [9.17, 15) is 4.79 Å². The monoisotopic (exact) mass is 410 g/mol. The highest BCUT2D eigenvalue weighted by atomic mass is 32.2. The molecule has 0 spiro atoms. The number of rotatable bonds is 4. The van der Waals surface area contributed by atoms with E-state index in [1.54, 1.807) is 0 Å². The van der Waals surface area contributed by atoms with Gasteiger partial charge >= 0.3 is 0 Å². The Hall–Kier alpha value is -1.19. The van der Waals surface area contributed by atoms with E-state index >= 15 is 0 Å². The summed E-state index contributed by atoms with van der Waals surface area (Å²) in [5.74, 6) is 4.29. The lowest BCUT2D eigenvalue weighted by Gasteiger charge is -2.10. The molecule has 0 radical (unpaired) electrons. The normalized spacial score (nSPS) is 21.9. The van der Waals surface area contributed by atoms with Gasteiger partial charge in [-0.15, -0.1) is 23.5 Å². The maximum absolute atomic E-state index is 12.7. The molecule has 2 aliphatic rings. The molecule has 0 saturated heterocycles. The van der Waals surface area contributed by atoms with Gasteiger partial charge in [0.1, 0.15) is 5.78 Å². The van der Waals surface area contributed by atoms with Crippen LogP contribution in [0, 0.1) is 11.8 Å². The van der Waals surface area contributed by atoms with Crippen molar-refractivity contribution in [2.45, 2.75) is 62.2 Å². The van der Waals surface area contributed by atoms with Crippen LogP contribution in [-0.4, -0.2) is 17.3 Å². The molecule has 2 aliphatic heterocycles. The Balaban J connectivity index is 1.41. The maximum Gasteiger partial charge on any atom is 0.141 e. The summed E-state index contributed by atoms with van der Waals surface area (Å²) in [5, 5.41) is 0. The fourth-order valence-electron chi connectivity index (χ4n) is 4.11. The molecule has 0 aromatic heterocycles. The molecule has 0 N–H and O–H groups in total. The predicted octanol–water partition coefficient (Wildman–Crippen LogP) is 6.39. The number of hydrogen-bond donors (Lipinski definition) is 0. The minimum atomic E-state index is 0.323. The van der Waals surface area contributed by atoms with Crippen molar-refractivity contribution < 1.29 is 4.79 Å². The van der Waals surface area contributed by atoms with Crippen molar-refractivity contribution in [2.24, 2.45) is 11.8 Å². The molecule has 0 saturated carbocycles. The standard InChI is InChI=1S/C25H30OS2/c1-17-3-7-21-11-19(5-9-24(21)27-15-17)13-23(26)14-20-6-10-25-22(12-20)8-4-18(2)16-28-25/h5-6,9-12,17-18H,3-4,7-8,13-16H2,1-2H3. The van der Waals surface area contributed by atoms with Crippen LogP contribution in [0.2, 0.25) is 0 Å². The summed E-state index contributed by atoms with van der Waals surface area (Å²) in [6.07, 6.45) is 5.90. The average molecular weight is 411 g/mol. The van der Waals surface area contributed by atoms with E-state index in [1.165, 1.54) is 56.4 Å². The zero-order chi connectivity index (χ0) is 19.5. The first-order valence-electron chi connectivity index (χ1n) is 10.6. The van der Waals surface area contributed by atoms with Crippen LogP contribution in [0.3, 0.4) is 0 Å². The third-order valence-corrected chi connectivity index (χ3v) is 8.80. The Labute approximate surface area is 178 Å². The predicted molar refractivity (Wildman–Crippen MR) is 122 cm³/mol. The van der Waals surface area contributed by atoms with Crippen molar-refractivity contribution in [1.29, 1.82) is 0 Å². The minimum absolute atomic E-state index is 0.323. The lowest BCUT2D eigenvalue weighted by atomic mass is 9.96. The highest BCUT2D eigenvalue weighted by molar-refractivity contribution is 7.99. The summed E-state index contributed by atoms with van der Waals surface area (Å²) in [5.41, 5.74) is 5.24. The van der Waals surface area contributed by atoms with Crippen molar-refractivity contribution >= 4 is 29.3 Å². The first-order chi connectivity index (χ1) is 13.6. The molecular formula is C25H30OS2. The Morgan fingerprint density at radius 1 is 0.821 bits per heavy atom. The van der Waals surface area contributed by atoms with E-state index in [0.717, 1.165) is 24.7 Å². The summed E-state index contributed by atoms with van der Waals surface area (Å²) in [4.78, 5) is 15.6. The number of carbonyl (C=O) groups excluding carboxylic acids is 1. The summed E-state index contributed by atoms with van der Waals surface area (Å²) < 4.78 is 0. The van der Waals surface area contributed by atoms with Crippen LogP contribution in [0.15, 0.2) is 46.2 Å². The molecule has 28 heavy (non-hydrogen) atoms. The van der Waals surface area contributed by atoms with Gasteiger partial charge in [0, 0.05) is 34.1 Å². The zero-order valence-electron chi connectivity index (χ0n) is 17.0. The van der Waals surface area contributed by atoms with E-state index in [4.69, 9.17) is 0 Å². The molecule has 0 bridgehead atoms. The van der Waals surface area contributed by atoms with E-state index < -0.39 is 0 Å². The molecule has 2 aromatic carbocycles. The van der Waals surface area contributed by atoms with Crippen LogP contribution >= 0.6 is 23.5 Å². The van der Waals surface area contributed by atoms with Gasteiger partial charge in [-0.25, -0.2) is 0 Å². The van der Waals surface area contributed by atoms with Crippen molar-refractivity contribution in [3.8, 4) is 0 Å². The first kappa shape index (κ1) is 20.1. The van der Waals surface area contributed by atoms with Crippen LogP contribution in [0.5, 0.6) is 0 Å². The van der Waals surface area contributed by atoms with Crippen molar-refractivity contribution in [2.75, 3.05) is 11.5 Å². The van der Waals surface area contributed by atoms with Gasteiger partial charge in [0.25, 0.3) is 0 Å². The number of hydrogen-bond acceptors (Lipinski definition) is 3. The van der Waals surface area contributed by atoms with Gasteiger partial charge in [0.2, 0.25) is 0 Å². The first-order valence-corrected chi connectivity index (χ1v) is 12.5. The van der Waals surface area contributed by atoms with Crippen LogP contribution in [-0.2, 0) is 30.5 Å². The van der Waals surface area contributed by atoms with E-state index in [2.05, 4.69) is 50.2 Å². The maximum atomic E-state index is 12.7. The number of thioether (sulfide) groups is 2. The third kappa shape index (κ3) is 5.04. The number of fused-ring (bicyclic) bond motifs is 2. The summed E-state index contributed by atoms with van der Waals surface area (Å²) in [7, 11) is 0. The molecule has 148 valence electrons. The molecular weight excluding hydrogens is 380 g/mol. The van der Waals surface area contributed by atoms with Crippen molar-refractivity contribution in [1.82, 2.24) is 0 Å². The average Bonchev–Trinajstić information content (AvgIpc) is 2.98. The molecule has 2 unspecified atom stereocenters. The van der Waals surface area contributed by atoms with Crippen molar-refractivity contribution in [3.05, 3.63) is 58.7 Å². The Kier molecular flexibility index (Phi) is 6.52. The summed E-state index contributed by atoms with van der Waals surface area (Å²) in [6.45, 7) is 4.67. The van der Waals surface area contributed by atoms with Crippen LogP contribution in [0.4, 0.5) is 0 Å². The van der Waals surface area contributed by atoms with Gasteiger partial charge in [-0.2, -0.15) is 0 Å². The van der Waals surface area contributed by atoms with E-state index in [1.807, 2.05) is 23.5 Å². The molecule has 2 aromatic rings. The lowest BCUT2D eigenvalue weighted by Crippen LogP contribution is -2.07. The Bertz CT molecular complexity index is 788. The van der Waals surface area contributed by atoms with Gasteiger partial charge in [-0.3, -0.25) is 4.79 Å². The molecule has 2 heterocycles. The fourth-order valence-corrected chi connectivity index (χ4v) is 6.39. The second-order valence-electron chi connectivity index (χ2n) is 8.69. The van der Waals surface area contributed by atoms with E-state index in [-0.39, 0.29) is 0 Å². The number of Topliss-reactive ketones (excluding diaryl/α,β-unsaturated/α-hetero) is 1. The summed E-state index contributed by atoms with van der Waals surface area (Å²) in [6, 6.07) is 13.4. The van der Waals surface area contributed by atoms with E-state index in [0.29, 0.717) is 18.6 Å². The molecule has 0 amide bonds. The SMILES string of the molecule is CC1CCc2cc(CC(=O)Cc3ccc4c(c3)CCC(C)CS4)ccc2SC1. The second-order valence-corrected chi connectivity index (χ2v) is 10.8. The van der Waals surface area contributed by atoms with Gasteiger partial charge in [-0.05, 0) is 71.9 Å². The topological polar surface area (TPSA) is 17.1 Å². The molecule has 2 atom stereocenters. The minimum Gasteiger partial charge on any atom is -0.299 e. The molecule has 0 aliphatic carbocycles. The molecule has 3 heteroatoms. The summed E-state index contributed by atoms with van der Waals surface area (Å²) >= 11 is 3.95. The Morgan fingerprint density at radius 2 is 1.29 bits per heavy atom. The van der Waals surface area contributed by atoms with Crippen LogP contribution in [0.25, 0.3) is 0 Å². The van der Waals surface area contributed by atoms with Gasteiger partial charge in [-0.1, -0.05) is 38.1 Å². The van der Waals surface area contributed by atoms with Gasteiger partial charge < -0.3 is 0 Å². The number of aryl methyl sites for hydroxylation is 2. The zero-order valence-corrected chi connectivity index (χ0v) is 18.6. The molecule has 4 rings (SSSR count). The van der Waals surface area contributed by atoms with Crippen LogP contribution < -0.4 is 0 Å². The smallest absolute Gasteiger partial charge is 0.141 e. The quantitative estimate of drug-likeness (QED) is 0.581. The highest BCUT2D eigenvalue weighted by Gasteiger charge is 2.16. The Morgan fingerprint density at radius 3 is 1.75 bits per heavy atom. The largest absolute Gasteiger partial charge is 0.299 e. The second kappa shape index (κ2) is 9.09. The third-order valence-electron chi connectivity index (χ3n) is 5.91. The molecule has 0 fully saturated rings.